The van der Waals surface area contributed by atoms with Gasteiger partial charge in [-0.05, 0) is 43.5 Å². The highest BCUT2D eigenvalue weighted by atomic mass is 32.2. The Morgan fingerprint density at radius 1 is 1.40 bits per heavy atom. The quantitative estimate of drug-likeness (QED) is 0.884. The van der Waals surface area contributed by atoms with Gasteiger partial charge in [0.1, 0.15) is 0 Å². The molecule has 20 heavy (non-hydrogen) atoms. The average molecular weight is 296 g/mol. The van der Waals surface area contributed by atoms with Crippen molar-refractivity contribution in [2.75, 3.05) is 18.1 Å². The second kappa shape index (κ2) is 5.93. The van der Waals surface area contributed by atoms with Gasteiger partial charge in [0.25, 0.3) is 0 Å². The maximum atomic E-state index is 12.2. The lowest BCUT2D eigenvalue weighted by molar-refractivity contribution is -0.119. The van der Waals surface area contributed by atoms with Crippen LogP contribution in [0.1, 0.15) is 19.8 Å². The Hall–Kier alpha value is -1.40. The summed E-state index contributed by atoms with van der Waals surface area (Å²) in [6.07, 6.45) is 3.25. The molecule has 6 heteroatoms. The van der Waals surface area contributed by atoms with E-state index in [1.165, 1.54) is 12.1 Å². The number of rotatable bonds is 3. The van der Waals surface area contributed by atoms with Crippen LogP contribution >= 0.6 is 0 Å². The van der Waals surface area contributed by atoms with Crippen molar-refractivity contribution in [3.8, 4) is 0 Å². The Morgan fingerprint density at radius 2 is 2.15 bits per heavy atom. The molecule has 1 fully saturated rings. The Labute approximate surface area is 119 Å². The Bertz CT molecular complexity index is 598. The Kier molecular flexibility index (Phi) is 4.45. The molecule has 0 bridgehead atoms. The summed E-state index contributed by atoms with van der Waals surface area (Å²) in [5.41, 5.74) is 0.512. The van der Waals surface area contributed by atoms with Gasteiger partial charge in [-0.3, -0.25) is 4.79 Å². The molecular formula is C14H20N2O3S. The van der Waals surface area contributed by atoms with E-state index >= 15 is 0 Å². The molecule has 2 atom stereocenters. The van der Waals surface area contributed by atoms with Gasteiger partial charge >= 0.3 is 0 Å². The molecule has 1 aromatic rings. The van der Waals surface area contributed by atoms with Gasteiger partial charge in [0.15, 0.2) is 9.84 Å². The summed E-state index contributed by atoms with van der Waals surface area (Å²) in [7, 11) is -3.26. The van der Waals surface area contributed by atoms with Crippen molar-refractivity contribution >= 4 is 21.4 Å². The molecule has 2 N–H and O–H groups in total. The van der Waals surface area contributed by atoms with Crippen molar-refractivity contribution in [1.29, 1.82) is 0 Å². The van der Waals surface area contributed by atoms with Crippen LogP contribution in [-0.4, -0.2) is 33.2 Å². The molecule has 1 aromatic carbocycles. The van der Waals surface area contributed by atoms with Crippen molar-refractivity contribution in [1.82, 2.24) is 5.32 Å². The van der Waals surface area contributed by atoms with Crippen molar-refractivity contribution < 1.29 is 13.2 Å². The molecule has 1 aliphatic heterocycles. The number of anilines is 1. The van der Waals surface area contributed by atoms with E-state index in [4.69, 9.17) is 0 Å². The van der Waals surface area contributed by atoms with Crippen LogP contribution in [0.2, 0.25) is 0 Å². The first kappa shape index (κ1) is 15.0. The molecule has 1 amide bonds. The number of sulfone groups is 1. The number of hydrogen-bond acceptors (Lipinski definition) is 4. The van der Waals surface area contributed by atoms with Crippen LogP contribution in [0.5, 0.6) is 0 Å². The molecule has 1 heterocycles. The van der Waals surface area contributed by atoms with E-state index in [2.05, 4.69) is 10.6 Å². The molecule has 0 saturated carbocycles. The third kappa shape index (κ3) is 3.58. The van der Waals surface area contributed by atoms with Gasteiger partial charge < -0.3 is 10.6 Å². The summed E-state index contributed by atoms with van der Waals surface area (Å²) >= 11 is 0. The SMILES string of the molecule is CC1CCCNC1C(=O)Nc1cccc(S(C)(=O)=O)c1. The van der Waals surface area contributed by atoms with Gasteiger partial charge in [0.2, 0.25) is 5.91 Å². The fourth-order valence-electron chi connectivity index (χ4n) is 2.43. The van der Waals surface area contributed by atoms with E-state index in [0.717, 1.165) is 25.6 Å². The van der Waals surface area contributed by atoms with Crippen LogP contribution < -0.4 is 10.6 Å². The first-order valence-corrected chi connectivity index (χ1v) is 8.61. The van der Waals surface area contributed by atoms with Gasteiger partial charge in [-0.25, -0.2) is 8.42 Å². The summed E-state index contributed by atoms with van der Waals surface area (Å²) in [5, 5.41) is 5.99. The third-order valence-corrected chi connectivity index (χ3v) is 4.69. The average Bonchev–Trinajstić information content (AvgIpc) is 2.38. The summed E-state index contributed by atoms with van der Waals surface area (Å²) in [6, 6.07) is 6.11. The number of carbonyl (C=O) groups is 1. The van der Waals surface area contributed by atoms with Gasteiger partial charge in [0.05, 0.1) is 10.9 Å². The highest BCUT2D eigenvalue weighted by Gasteiger charge is 2.27. The molecule has 5 nitrogen and oxygen atoms in total. The maximum absolute atomic E-state index is 12.2. The van der Waals surface area contributed by atoms with Crippen LogP contribution in [0.4, 0.5) is 5.69 Å². The van der Waals surface area contributed by atoms with Crippen LogP contribution in [0, 0.1) is 5.92 Å². The Balaban J connectivity index is 2.12. The number of carbonyl (C=O) groups excluding carboxylic acids is 1. The highest BCUT2D eigenvalue weighted by Crippen LogP contribution is 2.19. The van der Waals surface area contributed by atoms with Gasteiger partial charge in [-0.1, -0.05) is 13.0 Å². The molecule has 0 aliphatic carbocycles. The lowest BCUT2D eigenvalue weighted by Gasteiger charge is -2.28. The predicted molar refractivity (Wildman–Crippen MR) is 78.4 cm³/mol. The van der Waals surface area contributed by atoms with Crippen molar-refractivity contribution in [3.05, 3.63) is 24.3 Å². The first-order valence-electron chi connectivity index (χ1n) is 6.72. The topological polar surface area (TPSA) is 75.3 Å². The van der Waals surface area contributed by atoms with E-state index in [9.17, 15) is 13.2 Å². The van der Waals surface area contributed by atoms with Gasteiger partial charge in [-0.2, -0.15) is 0 Å². The second-order valence-corrected chi connectivity index (χ2v) is 7.36. The maximum Gasteiger partial charge on any atom is 0.241 e. The minimum Gasteiger partial charge on any atom is -0.325 e. The molecule has 2 unspecified atom stereocenters. The highest BCUT2D eigenvalue weighted by molar-refractivity contribution is 7.90. The van der Waals surface area contributed by atoms with Crippen molar-refractivity contribution in [3.63, 3.8) is 0 Å². The molecule has 0 spiro atoms. The van der Waals surface area contributed by atoms with Crippen molar-refractivity contribution in [2.45, 2.75) is 30.7 Å². The molecule has 1 saturated heterocycles. The normalized spacial score (nSPS) is 23.3. The van der Waals surface area contributed by atoms with Crippen LogP contribution in [-0.2, 0) is 14.6 Å². The smallest absolute Gasteiger partial charge is 0.241 e. The summed E-state index contributed by atoms with van der Waals surface area (Å²) in [4.78, 5) is 12.4. The summed E-state index contributed by atoms with van der Waals surface area (Å²) in [5.74, 6) is 0.171. The van der Waals surface area contributed by atoms with E-state index in [1.807, 2.05) is 6.92 Å². The van der Waals surface area contributed by atoms with E-state index < -0.39 is 9.84 Å². The molecule has 110 valence electrons. The predicted octanol–water partition coefficient (Wildman–Crippen LogP) is 1.42. The van der Waals surface area contributed by atoms with E-state index in [-0.39, 0.29) is 22.8 Å². The number of nitrogens with one attached hydrogen (secondary N) is 2. The summed E-state index contributed by atoms with van der Waals surface area (Å²) in [6.45, 7) is 2.88. The number of piperidine rings is 1. The van der Waals surface area contributed by atoms with Gasteiger partial charge in [0, 0.05) is 11.9 Å². The van der Waals surface area contributed by atoms with Crippen LogP contribution in [0.15, 0.2) is 29.2 Å². The fourth-order valence-corrected chi connectivity index (χ4v) is 3.09. The lowest BCUT2D eigenvalue weighted by Crippen LogP contribution is -2.48. The second-order valence-electron chi connectivity index (χ2n) is 5.34. The molecule has 1 aliphatic rings. The standard InChI is InChI=1S/C14H20N2O3S/c1-10-5-4-8-15-13(10)14(17)16-11-6-3-7-12(9-11)20(2,18)19/h3,6-7,9-10,13,15H,4-5,8H2,1-2H3,(H,16,17). The van der Waals surface area contributed by atoms with E-state index in [1.54, 1.807) is 12.1 Å². The molecule has 0 radical (unpaired) electrons. The monoisotopic (exact) mass is 296 g/mol. The van der Waals surface area contributed by atoms with Crippen molar-refractivity contribution in [2.24, 2.45) is 5.92 Å². The number of amides is 1. The lowest BCUT2D eigenvalue weighted by atomic mass is 9.92. The third-order valence-electron chi connectivity index (χ3n) is 3.58. The first-order chi connectivity index (χ1) is 9.38. The molecular weight excluding hydrogens is 276 g/mol. The minimum atomic E-state index is -3.26. The van der Waals surface area contributed by atoms with E-state index in [0.29, 0.717) is 5.69 Å². The number of hydrogen-bond donors (Lipinski definition) is 2. The zero-order valence-corrected chi connectivity index (χ0v) is 12.5. The molecule has 0 aromatic heterocycles. The fraction of sp³-hybridized carbons (Fsp3) is 0.500. The zero-order chi connectivity index (χ0) is 14.8. The molecule has 2 rings (SSSR count). The van der Waals surface area contributed by atoms with Crippen LogP contribution in [0.25, 0.3) is 0 Å². The van der Waals surface area contributed by atoms with Crippen LogP contribution in [0.3, 0.4) is 0 Å². The van der Waals surface area contributed by atoms with Gasteiger partial charge in [-0.15, -0.1) is 0 Å². The zero-order valence-electron chi connectivity index (χ0n) is 11.7. The minimum absolute atomic E-state index is 0.108. The number of benzene rings is 1. The largest absolute Gasteiger partial charge is 0.325 e. The Morgan fingerprint density at radius 3 is 2.80 bits per heavy atom. The summed E-state index contributed by atoms with van der Waals surface area (Å²) < 4.78 is 23.0.